The monoisotopic (exact) mass is 897 g/mol. The van der Waals surface area contributed by atoms with Crippen LogP contribution in [0.2, 0.25) is 10.0 Å². The number of carbonyl (C=O) groups is 4. The minimum Gasteiger partial charge on any atom is -0.505 e. The maximum Gasteiger partial charge on any atom is 0.417 e. The number of hydrogen-bond acceptors (Lipinski definition) is 12. The summed E-state index contributed by atoms with van der Waals surface area (Å²) in [7, 11) is 2.68. The first kappa shape index (κ1) is 42.0. The van der Waals surface area contributed by atoms with E-state index in [2.05, 4.69) is 10.4 Å². The Balaban J connectivity index is 1.30. The van der Waals surface area contributed by atoms with Gasteiger partial charge in [-0.05, 0) is 60.2 Å². The van der Waals surface area contributed by atoms with Crippen LogP contribution in [0.15, 0.2) is 78.5 Å². The first-order valence-corrected chi connectivity index (χ1v) is 19.3. The number of halogens is 6. The van der Waals surface area contributed by atoms with Crippen LogP contribution in [-0.2, 0) is 30.8 Å². The van der Waals surface area contributed by atoms with Crippen molar-refractivity contribution >= 4 is 75.4 Å². The number of aromatic nitrogens is 1. The molecule has 22 heteroatoms. The standard InChI is InChI=1S/C40H29Cl2F4N7O9/c1-49(2)33-28(52(59)60)13-21(14-29(33)53(61)62)50-35(55)23-9-8-22-24(31(23)37(50)57)15-25-36(56)51(48-34-26(42)12-19(16-47-34)40(44,45)46)38(58)39(25,18-4-6-20(41)7-5-18)32(22)17-3-10-30(54)27(43)11-17/h3-8,10-14,16,23-25,31-32,54H,9,15H2,1-2H3,(H,47,48). The number of anilines is 3. The van der Waals surface area contributed by atoms with Crippen molar-refractivity contribution in [2.45, 2.75) is 30.4 Å². The molecule has 3 heterocycles. The van der Waals surface area contributed by atoms with Gasteiger partial charge in [0.1, 0.15) is 0 Å². The van der Waals surface area contributed by atoms with Gasteiger partial charge in [-0.15, -0.1) is 0 Å². The Morgan fingerprint density at radius 3 is 2.13 bits per heavy atom. The number of hydrazine groups is 1. The fourth-order valence-corrected chi connectivity index (χ4v) is 9.90. The topological polar surface area (TPSA) is 209 Å². The van der Waals surface area contributed by atoms with Crippen LogP contribution in [0.4, 0.5) is 46.1 Å². The van der Waals surface area contributed by atoms with Crippen molar-refractivity contribution in [3.63, 3.8) is 0 Å². The van der Waals surface area contributed by atoms with Crippen LogP contribution < -0.4 is 15.2 Å². The molecule has 6 unspecified atom stereocenters. The van der Waals surface area contributed by atoms with Gasteiger partial charge in [-0.25, -0.2) is 14.3 Å². The van der Waals surface area contributed by atoms with E-state index in [1.54, 1.807) is 6.08 Å². The highest BCUT2D eigenvalue weighted by atomic mass is 35.5. The molecule has 2 aliphatic heterocycles. The summed E-state index contributed by atoms with van der Waals surface area (Å²) in [4.78, 5) is 87.3. The van der Waals surface area contributed by atoms with Crippen molar-refractivity contribution in [3.8, 4) is 5.75 Å². The van der Waals surface area contributed by atoms with Crippen LogP contribution in [0.3, 0.4) is 0 Å². The zero-order valence-electron chi connectivity index (χ0n) is 31.9. The number of benzene rings is 3. The van der Waals surface area contributed by atoms with Crippen LogP contribution in [-0.4, -0.2) is 62.7 Å². The zero-order chi connectivity index (χ0) is 44.9. The van der Waals surface area contributed by atoms with Crippen LogP contribution >= 0.6 is 23.2 Å². The summed E-state index contributed by atoms with van der Waals surface area (Å²) < 4.78 is 56.0. The van der Waals surface area contributed by atoms with E-state index in [1.165, 1.54) is 44.4 Å². The van der Waals surface area contributed by atoms with Gasteiger partial charge in [-0.1, -0.05) is 53.1 Å². The molecule has 8 rings (SSSR count). The molecule has 2 N–H and O–H groups in total. The lowest BCUT2D eigenvalue weighted by molar-refractivity contribution is -0.392. The number of aromatic hydroxyl groups is 1. The molecule has 0 spiro atoms. The van der Waals surface area contributed by atoms with Gasteiger partial charge in [-0.2, -0.15) is 18.2 Å². The number of nitro benzene ring substituents is 2. The third-order valence-corrected chi connectivity index (χ3v) is 12.6. The number of phenols is 1. The SMILES string of the molecule is CN(C)c1c([N+](=O)[O-])cc(N2C(=O)C3CC=C4C(CC5C(=O)N(Nc6ncc(C(F)(F)F)cc6Cl)C(=O)C5(c5ccc(Cl)cc5)C4c4ccc(O)c(F)c4)C3C2=O)cc1[N+](=O)[O-]. The smallest absolute Gasteiger partial charge is 0.417 e. The number of allylic oxidation sites excluding steroid dienone is 2. The summed E-state index contributed by atoms with van der Waals surface area (Å²) in [5.74, 6) is -12.5. The van der Waals surface area contributed by atoms with E-state index in [1.807, 2.05) is 0 Å². The number of nitro groups is 2. The van der Waals surface area contributed by atoms with Crippen LogP contribution in [0.5, 0.6) is 5.75 Å². The molecular weight excluding hydrogens is 869 g/mol. The molecule has 62 heavy (non-hydrogen) atoms. The summed E-state index contributed by atoms with van der Waals surface area (Å²) in [5.41, 5.74) is -2.62. The number of nitrogens with zero attached hydrogens (tertiary/aromatic N) is 6. The van der Waals surface area contributed by atoms with Crippen molar-refractivity contribution in [1.82, 2.24) is 9.99 Å². The van der Waals surface area contributed by atoms with Crippen molar-refractivity contribution < 1.29 is 51.7 Å². The second kappa shape index (κ2) is 14.8. The molecule has 4 aliphatic rings. The molecule has 320 valence electrons. The van der Waals surface area contributed by atoms with E-state index in [4.69, 9.17) is 23.2 Å². The normalized spacial score (nSPS) is 24.4. The number of pyridine rings is 1. The fraction of sp³-hybridized carbons (Fsp3) is 0.275. The first-order chi connectivity index (χ1) is 29.2. The maximum atomic E-state index is 15.4. The number of carbonyl (C=O) groups excluding carboxylic acids is 4. The zero-order valence-corrected chi connectivity index (χ0v) is 33.4. The predicted octanol–water partition coefficient (Wildman–Crippen LogP) is 7.32. The Hall–Kier alpha value is -6.67. The summed E-state index contributed by atoms with van der Waals surface area (Å²) in [5, 5.41) is 34.8. The highest BCUT2D eigenvalue weighted by Gasteiger charge is 2.70. The number of nitrogens with one attached hydrogen (secondary N) is 1. The van der Waals surface area contributed by atoms with Crippen LogP contribution in [0, 0.1) is 49.7 Å². The van der Waals surface area contributed by atoms with Gasteiger partial charge in [-0.3, -0.25) is 44.8 Å². The number of imide groups is 2. The third kappa shape index (κ3) is 6.29. The molecule has 4 amide bonds. The van der Waals surface area contributed by atoms with E-state index < -0.39 is 125 Å². The van der Waals surface area contributed by atoms with Crippen LogP contribution in [0.25, 0.3) is 0 Å². The molecular formula is C40H29Cl2F4N7O9. The van der Waals surface area contributed by atoms with Crippen molar-refractivity contribution in [2.24, 2.45) is 23.7 Å². The molecule has 1 aromatic heterocycles. The number of rotatable bonds is 8. The Bertz CT molecular complexity index is 2670. The van der Waals surface area contributed by atoms with Gasteiger partial charge in [0.05, 0.1) is 49.3 Å². The molecule has 3 aromatic carbocycles. The van der Waals surface area contributed by atoms with E-state index in [-0.39, 0.29) is 29.0 Å². The highest BCUT2D eigenvalue weighted by molar-refractivity contribution is 6.33. The average molecular weight is 899 g/mol. The fourth-order valence-electron chi connectivity index (χ4n) is 9.57. The second-order valence-electron chi connectivity index (χ2n) is 15.4. The van der Waals surface area contributed by atoms with Crippen molar-refractivity contribution in [1.29, 1.82) is 0 Å². The Morgan fingerprint density at radius 1 is 0.919 bits per heavy atom. The Kier molecular flexibility index (Phi) is 10.0. The number of phenolic OH excluding ortho intramolecular Hbond substituents is 1. The first-order valence-electron chi connectivity index (χ1n) is 18.5. The van der Waals surface area contributed by atoms with E-state index in [0.29, 0.717) is 27.7 Å². The summed E-state index contributed by atoms with van der Waals surface area (Å²) >= 11 is 12.5. The van der Waals surface area contributed by atoms with Gasteiger partial charge in [0, 0.05) is 43.4 Å². The van der Waals surface area contributed by atoms with Gasteiger partial charge in [0.25, 0.3) is 11.8 Å². The van der Waals surface area contributed by atoms with Crippen molar-refractivity contribution in [3.05, 3.63) is 131 Å². The maximum absolute atomic E-state index is 15.4. The molecule has 3 fully saturated rings. The minimum absolute atomic E-state index is 0.0440. The molecule has 2 saturated heterocycles. The summed E-state index contributed by atoms with van der Waals surface area (Å²) in [6.45, 7) is 0. The highest BCUT2D eigenvalue weighted by Crippen LogP contribution is 2.64. The third-order valence-electron chi connectivity index (χ3n) is 12.0. The number of amides is 4. The molecule has 0 bridgehead atoms. The van der Waals surface area contributed by atoms with E-state index in [0.717, 1.165) is 29.2 Å². The summed E-state index contributed by atoms with van der Waals surface area (Å²) in [6, 6.07) is 11.4. The number of alkyl halides is 3. The lowest BCUT2D eigenvalue weighted by atomic mass is 9.49. The van der Waals surface area contributed by atoms with Gasteiger partial charge >= 0.3 is 17.6 Å². The van der Waals surface area contributed by atoms with Gasteiger partial charge < -0.3 is 10.0 Å². The quantitative estimate of drug-likeness (QED) is 0.0586. The average Bonchev–Trinajstić information content (AvgIpc) is 3.59. The molecule has 4 aromatic rings. The number of hydrogen-bond donors (Lipinski definition) is 2. The van der Waals surface area contributed by atoms with Gasteiger partial charge in [0.2, 0.25) is 11.8 Å². The largest absolute Gasteiger partial charge is 0.505 e. The predicted molar refractivity (Wildman–Crippen MR) is 212 cm³/mol. The van der Waals surface area contributed by atoms with E-state index in [9.17, 15) is 52.9 Å². The van der Waals surface area contributed by atoms with Crippen molar-refractivity contribution in [2.75, 3.05) is 29.3 Å². The molecule has 0 radical (unpaired) electrons. The van der Waals surface area contributed by atoms with E-state index >= 15 is 9.18 Å². The molecule has 2 aliphatic carbocycles. The summed E-state index contributed by atoms with van der Waals surface area (Å²) in [6.07, 6.45) is -3.33. The Morgan fingerprint density at radius 2 is 1.56 bits per heavy atom. The lowest BCUT2D eigenvalue weighted by Crippen LogP contribution is -2.53. The molecule has 1 saturated carbocycles. The lowest BCUT2D eigenvalue weighted by Gasteiger charge is -2.50. The minimum atomic E-state index is -4.84. The second-order valence-corrected chi connectivity index (χ2v) is 16.2. The Labute approximate surface area is 356 Å². The molecule has 6 atom stereocenters. The van der Waals surface area contributed by atoms with Gasteiger partial charge in [0.15, 0.2) is 23.1 Å². The van der Waals surface area contributed by atoms with Crippen LogP contribution in [0.1, 0.15) is 35.4 Å². The number of fused-ring (bicyclic) bond motifs is 4. The molecule has 16 nitrogen and oxygen atoms in total.